The van der Waals surface area contributed by atoms with Crippen LogP contribution in [0, 0.1) is 0 Å². The lowest BCUT2D eigenvalue weighted by Crippen LogP contribution is -2.46. The van der Waals surface area contributed by atoms with Crippen LogP contribution in [0.25, 0.3) is 11.0 Å². The van der Waals surface area contributed by atoms with Crippen LogP contribution >= 0.6 is 0 Å². The summed E-state index contributed by atoms with van der Waals surface area (Å²) in [6, 6.07) is 15.1. The lowest BCUT2D eigenvalue weighted by molar-refractivity contribution is 0.254. The van der Waals surface area contributed by atoms with Crippen molar-refractivity contribution >= 4 is 22.5 Å². The normalized spacial score (nSPS) is 19.9. The summed E-state index contributed by atoms with van der Waals surface area (Å²) in [5, 5.41) is 8.97. The minimum atomic E-state index is 0.673. The summed E-state index contributed by atoms with van der Waals surface area (Å²) in [4.78, 5) is 4.95. The predicted octanol–water partition coefficient (Wildman–Crippen LogP) is 4.50. The van der Waals surface area contributed by atoms with Crippen LogP contribution < -0.4 is 10.2 Å². The van der Waals surface area contributed by atoms with Gasteiger partial charge in [-0.25, -0.2) is 0 Å². The predicted molar refractivity (Wildman–Crippen MR) is 119 cm³/mol. The van der Waals surface area contributed by atoms with Crippen molar-refractivity contribution in [1.82, 2.24) is 10.1 Å². The van der Waals surface area contributed by atoms with E-state index in [1.54, 1.807) is 0 Å². The Balaban J connectivity index is 1.13. The molecule has 0 radical (unpaired) electrons. The van der Waals surface area contributed by atoms with Gasteiger partial charge in [-0.05, 0) is 61.1 Å². The molecule has 1 N–H and O–H groups in total. The van der Waals surface area contributed by atoms with Crippen LogP contribution in [0.3, 0.4) is 0 Å². The van der Waals surface area contributed by atoms with E-state index in [0.29, 0.717) is 5.92 Å². The molecule has 3 heterocycles. The van der Waals surface area contributed by atoms with Crippen molar-refractivity contribution in [3.8, 4) is 0 Å². The molecule has 0 amide bonds. The third-order valence-corrected chi connectivity index (χ3v) is 6.51. The fourth-order valence-electron chi connectivity index (χ4n) is 4.71. The van der Waals surface area contributed by atoms with E-state index in [2.05, 4.69) is 57.5 Å². The van der Waals surface area contributed by atoms with E-state index in [0.717, 1.165) is 62.5 Å². The molecule has 3 aromatic rings. The Morgan fingerprint density at radius 2 is 1.97 bits per heavy atom. The van der Waals surface area contributed by atoms with Gasteiger partial charge >= 0.3 is 0 Å². The molecule has 0 aliphatic carbocycles. The molecule has 2 aliphatic rings. The Morgan fingerprint density at radius 1 is 1.10 bits per heavy atom. The van der Waals surface area contributed by atoms with Crippen LogP contribution in [0.5, 0.6) is 0 Å². The number of rotatable bonds is 5. The highest BCUT2D eigenvalue weighted by Gasteiger charge is 2.21. The summed E-state index contributed by atoms with van der Waals surface area (Å²) in [5.41, 5.74) is 5.19. The minimum absolute atomic E-state index is 0.673. The maximum Gasteiger partial charge on any atom is 0.180 e. The summed E-state index contributed by atoms with van der Waals surface area (Å²) < 4.78 is 5.48. The number of aromatic nitrogens is 1. The average molecular weight is 391 g/mol. The van der Waals surface area contributed by atoms with E-state index in [4.69, 9.17) is 4.52 Å². The first-order valence-electron chi connectivity index (χ1n) is 11.0. The van der Waals surface area contributed by atoms with Crippen molar-refractivity contribution in [3.05, 3.63) is 53.6 Å². The number of benzene rings is 2. The molecular formula is C24H30N4O. The number of anilines is 2. The van der Waals surface area contributed by atoms with E-state index in [9.17, 15) is 0 Å². The molecule has 2 aromatic carbocycles. The zero-order valence-corrected chi connectivity index (χ0v) is 17.2. The number of hydrogen-bond donors (Lipinski definition) is 1. The first-order valence-corrected chi connectivity index (χ1v) is 11.0. The summed E-state index contributed by atoms with van der Waals surface area (Å²) >= 11 is 0. The second-order valence-corrected chi connectivity index (χ2v) is 8.47. The van der Waals surface area contributed by atoms with E-state index in [1.807, 2.05) is 12.1 Å². The van der Waals surface area contributed by atoms with Crippen LogP contribution in [0.1, 0.15) is 36.8 Å². The van der Waals surface area contributed by atoms with Crippen molar-refractivity contribution in [1.29, 1.82) is 0 Å². The van der Waals surface area contributed by atoms with Gasteiger partial charge in [0.1, 0.15) is 0 Å². The van der Waals surface area contributed by atoms with Gasteiger partial charge in [-0.1, -0.05) is 36.3 Å². The quantitative estimate of drug-likeness (QED) is 0.695. The van der Waals surface area contributed by atoms with Gasteiger partial charge in [0, 0.05) is 38.4 Å². The number of piperazine rings is 1. The molecule has 2 aliphatic heterocycles. The van der Waals surface area contributed by atoms with Crippen molar-refractivity contribution in [3.63, 3.8) is 0 Å². The molecule has 1 aromatic heterocycles. The second-order valence-electron chi connectivity index (χ2n) is 8.47. The molecule has 0 unspecified atom stereocenters. The number of fused-ring (bicyclic) bond motifs is 2. The Morgan fingerprint density at radius 3 is 2.86 bits per heavy atom. The summed E-state index contributed by atoms with van der Waals surface area (Å²) in [6.07, 6.45) is 3.61. The fraction of sp³-hybridized carbons (Fsp3) is 0.458. The standard InChI is InChI=1S/C24H30N4O/c1-18-10-11-25-22-9-8-19(17-21(18)22)5-4-12-27-13-15-28(16-14-27)24-20-6-2-3-7-23(20)29-26-24/h2-3,6-9,17-18,25H,4-5,10-16H2,1H3/t18-/m1/s1. The molecule has 1 atom stereocenters. The van der Waals surface area contributed by atoms with Crippen molar-refractivity contribution in [2.45, 2.75) is 32.1 Å². The number of para-hydroxylation sites is 1. The van der Waals surface area contributed by atoms with Crippen molar-refractivity contribution in [2.75, 3.05) is 49.5 Å². The molecule has 0 spiro atoms. The number of nitrogens with zero attached hydrogens (tertiary/aromatic N) is 3. The van der Waals surface area contributed by atoms with Crippen LogP contribution in [0.4, 0.5) is 11.5 Å². The zero-order valence-electron chi connectivity index (χ0n) is 17.2. The fourth-order valence-corrected chi connectivity index (χ4v) is 4.71. The lowest BCUT2D eigenvalue weighted by Gasteiger charge is -2.34. The molecule has 152 valence electrons. The van der Waals surface area contributed by atoms with Gasteiger partial charge in [-0.2, -0.15) is 0 Å². The van der Waals surface area contributed by atoms with E-state index in [-0.39, 0.29) is 0 Å². The van der Waals surface area contributed by atoms with Gasteiger partial charge in [0.05, 0.1) is 5.39 Å². The van der Waals surface area contributed by atoms with Gasteiger partial charge in [0.15, 0.2) is 11.4 Å². The smallest absolute Gasteiger partial charge is 0.180 e. The third kappa shape index (κ3) is 3.84. The molecule has 1 fully saturated rings. The first kappa shape index (κ1) is 18.5. The highest BCUT2D eigenvalue weighted by Crippen LogP contribution is 2.32. The van der Waals surface area contributed by atoms with Crippen LogP contribution in [0.2, 0.25) is 0 Å². The van der Waals surface area contributed by atoms with Crippen LogP contribution in [-0.2, 0) is 6.42 Å². The lowest BCUT2D eigenvalue weighted by atomic mass is 9.90. The first-order chi connectivity index (χ1) is 14.3. The molecular weight excluding hydrogens is 360 g/mol. The Hall–Kier alpha value is -2.53. The Kier molecular flexibility index (Phi) is 5.15. The van der Waals surface area contributed by atoms with Crippen molar-refractivity contribution in [2.24, 2.45) is 0 Å². The molecule has 29 heavy (non-hydrogen) atoms. The highest BCUT2D eigenvalue weighted by atomic mass is 16.5. The maximum atomic E-state index is 5.48. The topological polar surface area (TPSA) is 44.5 Å². The van der Waals surface area contributed by atoms with Gasteiger partial charge in [0.2, 0.25) is 0 Å². The third-order valence-electron chi connectivity index (χ3n) is 6.51. The Labute approximate surface area is 172 Å². The van der Waals surface area contributed by atoms with Gasteiger partial charge in [-0.15, -0.1) is 0 Å². The summed E-state index contributed by atoms with van der Waals surface area (Å²) in [7, 11) is 0. The highest BCUT2D eigenvalue weighted by molar-refractivity contribution is 5.88. The van der Waals surface area contributed by atoms with Crippen molar-refractivity contribution < 1.29 is 4.52 Å². The molecule has 5 nitrogen and oxygen atoms in total. The van der Waals surface area contributed by atoms with Crippen LogP contribution in [-0.4, -0.2) is 49.3 Å². The van der Waals surface area contributed by atoms with E-state index in [1.165, 1.54) is 29.7 Å². The molecule has 0 bridgehead atoms. The Bertz CT molecular complexity index is 974. The second kappa shape index (κ2) is 8.07. The molecule has 5 heteroatoms. The van der Waals surface area contributed by atoms with Gasteiger partial charge in [0.25, 0.3) is 0 Å². The van der Waals surface area contributed by atoms with Crippen LogP contribution in [0.15, 0.2) is 47.0 Å². The number of hydrogen-bond acceptors (Lipinski definition) is 5. The summed E-state index contributed by atoms with van der Waals surface area (Å²) in [6.45, 7) is 8.82. The molecule has 5 rings (SSSR count). The van der Waals surface area contributed by atoms with E-state index < -0.39 is 0 Å². The molecule has 1 saturated heterocycles. The number of nitrogens with one attached hydrogen (secondary N) is 1. The summed E-state index contributed by atoms with van der Waals surface area (Å²) in [5.74, 6) is 1.67. The zero-order chi connectivity index (χ0) is 19.6. The average Bonchev–Trinajstić information content (AvgIpc) is 3.19. The maximum absolute atomic E-state index is 5.48. The minimum Gasteiger partial charge on any atom is -0.385 e. The largest absolute Gasteiger partial charge is 0.385 e. The van der Waals surface area contributed by atoms with Gasteiger partial charge in [-0.3, -0.25) is 4.90 Å². The van der Waals surface area contributed by atoms with Gasteiger partial charge < -0.3 is 14.7 Å². The monoisotopic (exact) mass is 390 g/mol. The SMILES string of the molecule is C[C@@H]1CCNc2ccc(CCCN3CCN(c4noc5ccccc45)CC3)cc21. The number of aryl methyl sites for hydroxylation is 1. The van der Waals surface area contributed by atoms with E-state index >= 15 is 0 Å². The molecule has 0 saturated carbocycles.